The zero-order valence-electron chi connectivity index (χ0n) is 13.6. The third-order valence-electron chi connectivity index (χ3n) is 3.77. The molecule has 0 atom stereocenters. The van der Waals surface area contributed by atoms with Gasteiger partial charge in [-0.3, -0.25) is 9.36 Å². The highest BCUT2D eigenvalue weighted by atomic mass is 79.9. The number of hydrogen-bond acceptors (Lipinski definition) is 3. The average Bonchev–Trinajstić information content (AvgIpc) is 2.86. The van der Waals surface area contributed by atoms with E-state index in [-0.39, 0.29) is 28.6 Å². The Bertz CT molecular complexity index is 1020. The normalized spacial score (nSPS) is 12.3. The summed E-state index contributed by atoms with van der Waals surface area (Å²) in [6.07, 6.45) is -4.74. The van der Waals surface area contributed by atoms with Crippen LogP contribution in [0.1, 0.15) is 37.0 Å². The maximum atomic E-state index is 13.5. The Kier molecular flexibility index (Phi) is 4.22. The summed E-state index contributed by atoms with van der Waals surface area (Å²) in [7, 11) is 0. The minimum Gasteiger partial charge on any atom is -0.309 e. The average molecular weight is 415 g/mol. The number of hydrogen-bond donors (Lipinski definition) is 1. The zero-order valence-corrected chi connectivity index (χ0v) is 15.2. The largest absolute Gasteiger partial charge is 0.450 e. The number of alkyl halides is 3. The van der Waals surface area contributed by atoms with Crippen molar-refractivity contribution in [2.45, 2.75) is 32.9 Å². The van der Waals surface area contributed by atoms with E-state index in [0.29, 0.717) is 4.47 Å². The molecular formula is C16H14BrF3N4O. The lowest BCUT2D eigenvalue weighted by Gasteiger charge is -2.14. The van der Waals surface area contributed by atoms with E-state index in [0.717, 1.165) is 10.1 Å². The number of nitrogens with zero attached hydrogens (tertiary/aromatic N) is 3. The molecule has 0 aliphatic heterocycles. The van der Waals surface area contributed by atoms with Gasteiger partial charge in [-0.15, -0.1) is 0 Å². The number of aromatic nitrogens is 4. The molecule has 0 aliphatic carbocycles. The molecule has 1 N–H and O–H groups in total. The lowest BCUT2D eigenvalue weighted by atomic mass is 10.0. The number of aromatic amines is 1. The highest BCUT2D eigenvalue weighted by molar-refractivity contribution is 9.10. The maximum Gasteiger partial charge on any atom is 0.450 e. The van der Waals surface area contributed by atoms with Gasteiger partial charge in [-0.2, -0.15) is 13.2 Å². The molecule has 132 valence electrons. The van der Waals surface area contributed by atoms with Crippen LogP contribution in [0.2, 0.25) is 0 Å². The van der Waals surface area contributed by atoms with Crippen molar-refractivity contribution in [3.63, 3.8) is 0 Å². The number of rotatable bonds is 2. The van der Waals surface area contributed by atoms with Crippen molar-refractivity contribution in [2.75, 3.05) is 0 Å². The van der Waals surface area contributed by atoms with Crippen LogP contribution >= 0.6 is 15.9 Å². The number of nitrogens with one attached hydrogen (secondary N) is 1. The van der Waals surface area contributed by atoms with Crippen LogP contribution in [0.3, 0.4) is 0 Å². The predicted octanol–water partition coefficient (Wildman–Crippen LogP) is 4.32. The highest BCUT2D eigenvalue weighted by Gasteiger charge is 2.39. The molecule has 25 heavy (non-hydrogen) atoms. The summed E-state index contributed by atoms with van der Waals surface area (Å²) < 4.78 is 41.8. The fourth-order valence-corrected chi connectivity index (χ4v) is 3.13. The minimum absolute atomic E-state index is 0.133. The molecule has 1 aromatic carbocycles. The van der Waals surface area contributed by atoms with Gasteiger partial charge in [0.25, 0.3) is 5.56 Å². The van der Waals surface area contributed by atoms with Crippen molar-refractivity contribution in [3.8, 4) is 5.69 Å². The molecule has 3 rings (SSSR count). The topological polar surface area (TPSA) is 63.6 Å². The summed E-state index contributed by atoms with van der Waals surface area (Å²) in [6, 6.07) is 5.07. The SMILES string of the molecule is Cc1nc2c(nc(C(F)(F)F)n2-c2ccc(C(C)C)cc2Br)c(=O)[nH]1. The van der Waals surface area contributed by atoms with Gasteiger partial charge in [-0.05, 0) is 46.5 Å². The molecule has 0 fully saturated rings. The van der Waals surface area contributed by atoms with E-state index in [1.54, 1.807) is 18.2 Å². The van der Waals surface area contributed by atoms with E-state index in [1.807, 2.05) is 13.8 Å². The van der Waals surface area contributed by atoms with Crippen LogP contribution in [-0.4, -0.2) is 19.5 Å². The Morgan fingerprint density at radius 1 is 1.24 bits per heavy atom. The molecule has 0 unspecified atom stereocenters. The third kappa shape index (κ3) is 3.08. The number of H-pyrrole nitrogens is 1. The first-order chi connectivity index (χ1) is 11.6. The molecule has 0 spiro atoms. The Labute approximate surface area is 149 Å². The Morgan fingerprint density at radius 2 is 1.92 bits per heavy atom. The number of imidazole rings is 1. The number of benzene rings is 1. The number of halogens is 4. The van der Waals surface area contributed by atoms with E-state index in [2.05, 4.69) is 30.9 Å². The summed E-state index contributed by atoms with van der Waals surface area (Å²) in [5, 5.41) is 0. The van der Waals surface area contributed by atoms with Crippen molar-refractivity contribution in [1.29, 1.82) is 0 Å². The quantitative estimate of drug-likeness (QED) is 0.678. The zero-order chi connectivity index (χ0) is 18.5. The summed E-state index contributed by atoms with van der Waals surface area (Å²) in [5.41, 5.74) is -0.00155. The molecule has 0 saturated carbocycles. The van der Waals surface area contributed by atoms with Crippen LogP contribution in [0.5, 0.6) is 0 Å². The van der Waals surface area contributed by atoms with Crippen LogP contribution in [0.4, 0.5) is 13.2 Å². The lowest BCUT2D eigenvalue weighted by Crippen LogP contribution is -2.14. The van der Waals surface area contributed by atoms with Crippen LogP contribution in [0, 0.1) is 6.92 Å². The predicted molar refractivity (Wildman–Crippen MR) is 91.0 cm³/mol. The van der Waals surface area contributed by atoms with E-state index < -0.39 is 17.6 Å². The van der Waals surface area contributed by atoms with Crippen molar-refractivity contribution < 1.29 is 13.2 Å². The summed E-state index contributed by atoms with van der Waals surface area (Å²) in [5.74, 6) is -0.762. The van der Waals surface area contributed by atoms with Gasteiger partial charge < -0.3 is 4.98 Å². The van der Waals surface area contributed by atoms with Gasteiger partial charge >= 0.3 is 6.18 Å². The highest BCUT2D eigenvalue weighted by Crippen LogP contribution is 2.35. The van der Waals surface area contributed by atoms with Crippen molar-refractivity contribution in [2.24, 2.45) is 0 Å². The molecule has 5 nitrogen and oxygen atoms in total. The molecule has 0 radical (unpaired) electrons. The number of fused-ring (bicyclic) bond motifs is 1. The third-order valence-corrected chi connectivity index (χ3v) is 4.40. The standard InChI is InChI=1S/C16H14BrF3N4O/c1-7(2)9-4-5-11(10(17)6-9)24-13-12(14(25)22-8(3)21-13)23-15(24)16(18,19)20/h4-7H,1-3H3,(H,21,22,25). The fraction of sp³-hybridized carbons (Fsp3) is 0.312. The molecule has 0 bridgehead atoms. The van der Waals surface area contributed by atoms with E-state index >= 15 is 0 Å². The van der Waals surface area contributed by atoms with Crippen LogP contribution < -0.4 is 5.56 Å². The lowest BCUT2D eigenvalue weighted by molar-refractivity contribution is -0.145. The van der Waals surface area contributed by atoms with Crippen LogP contribution in [0.15, 0.2) is 27.5 Å². The molecule has 3 aromatic rings. The van der Waals surface area contributed by atoms with Crippen molar-refractivity contribution >= 4 is 27.1 Å². The van der Waals surface area contributed by atoms with Gasteiger partial charge in [-0.1, -0.05) is 19.9 Å². The van der Waals surface area contributed by atoms with Crippen LogP contribution in [-0.2, 0) is 6.18 Å². The Balaban J connectivity index is 2.40. The van der Waals surface area contributed by atoms with Crippen molar-refractivity contribution in [1.82, 2.24) is 19.5 Å². The second-order valence-electron chi connectivity index (χ2n) is 5.96. The molecule has 2 aromatic heterocycles. The van der Waals surface area contributed by atoms with E-state index in [9.17, 15) is 18.0 Å². The number of aryl methyl sites for hydroxylation is 1. The second-order valence-corrected chi connectivity index (χ2v) is 6.81. The molecule has 9 heteroatoms. The first-order valence-electron chi connectivity index (χ1n) is 7.46. The second kappa shape index (κ2) is 5.98. The summed E-state index contributed by atoms with van der Waals surface area (Å²) in [4.78, 5) is 22.0. The first kappa shape index (κ1) is 17.7. The molecular weight excluding hydrogens is 401 g/mol. The van der Waals surface area contributed by atoms with Crippen molar-refractivity contribution in [3.05, 3.63) is 50.2 Å². The van der Waals surface area contributed by atoms with E-state index in [4.69, 9.17) is 0 Å². The first-order valence-corrected chi connectivity index (χ1v) is 8.25. The summed E-state index contributed by atoms with van der Waals surface area (Å²) in [6.45, 7) is 5.47. The Morgan fingerprint density at radius 3 is 2.48 bits per heavy atom. The van der Waals surface area contributed by atoms with Gasteiger partial charge in [0.2, 0.25) is 5.82 Å². The van der Waals surface area contributed by atoms with Gasteiger partial charge in [-0.25, -0.2) is 9.97 Å². The fourth-order valence-electron chi connectivity index (χ4n) is 2.56. The Hall–Kier alpha value is -2.16. The molecule has 0 saturated heterocycles. The monoisotopic (exact) mass is 414 g/mol. The summed E-state index contributed by atoms with van der Waals surface area (Å²) >= 11 is 3.33. The smallest absolute Gasteiger partial charge is 0.309 e. The van der Waals surface area contributed by atoms with Gasteiger partial charge in [0.15, 0.2) is 11.2 Å². The molecule has 0 aliphatic rings. The molecule has 0 amide bonds. The maximum absolute atomic E-state index is 13.5. The van der Waals surface area contributed by atoms with Gasteiger partial charge in [0, 0.05) is 4.47 Å². The van der Waals surface area contributed by atoms with Crippen LogP contribution in [0.25, 0.3) is 16.9 Å². The molecule has 2 heterocycles. The van der Waals surface area contributed by atoms with Gasteiger partial charge in [0.1, 0.15) is 5.82 Å². The van der Waals surface area contributed by atoms with E-state index in [1.165, 1.54) is 6.92 Å². The van der Waals surface area contributed by atoms with Gasteiger partial charge in [0.05, 0.1) is 5.69 Å². The minimum atomic E-state index is -4.74.